The van der Waals surface area contributed by atoms with E-state index in [9.17, 15) is 9.59 Å². The number of nitrogens with zero attached hydrogens (tertiary/aromatic N) is 1. The highest BCUT2D eigenvalue weighted by molar-refractivity contribution is 5.72. The van der Waals surface area contributed by atoms with E-state index in [0.29, 0.717) is 0 Å². The molecule has 1 aliphatic rings. The zero-order valence-corrected chi connectivity index (χ0v) is 12.6. The lowest BCUT2D eigenvalue weighted by atomic mass is 9.85. The van der Waals surface area contributed by atoms with Crippen LogP contribution in [-0.2, 0) is 14.3 Å². The maximum absolute atomic E-state index is 11.9. The smallest absolute Gasteiger partial charge is 0.410 e. The van der Waals surface area contributed by atoms with Gasteiger partial charge in [-0.25, -0.2) is 4.79 Å². The molecule has 0 aromatic heterocycles. The Morgan fingerprint density at radius 1 is 1.11 bits per heavy atom. The Morgan fingerprint density at radius 2 is 1.63 bits per heavy atom. The normalized spacial score (nSPS) is 23.6. The van der Waals surface area contributed by atoms with Crippen molar-refractivity contribution in [1.82, 2.24) is 4.90 Å². The molecule has 0 aromatic carbocycles. The van der Waals surface area contributed by atoms with Crippen LogP contribution in [0, 0.1) is 5.92 Å². The molecule has 1 aliphatic carbocycles. The maximum atomic E-state index is 11.9. The number of esters is 1. The summed E-state index contributed by atoms with van der Waals surface area (Å²) in [5.74, 6) is -0.161. The molecule has 0 heterocycles. The molecule has 1 rings (SSSR count). The lowest BCUT2D eigenvalue weighted by molar-refractivity contribution is -0.146. The minimum absolute atomic E-state index is 0.0201. The molecule has 0 atom stereocenters. The Kier molecular flexibility index (Phi) is 5.20. The van der Waals surface area contributed by atoms with Crippen LogP contribution in [0.25, 0.3) is 0 Å². The third-order valence-electron chi connectivity index (χ3n) is 3.46. The second-order valence-corrected chi connectivity index (χ2v) is 6.12. The predicted molar refractivity (Wildman–Crippen MR) is 71.8 cm³/mol. The molecule has 1 amide bonds. The Bertz CT molecular complexity index is 327. The summed E-state index contributed by atoms with van der Waals surface area (Å²) in [5, 5.41) is 0. The van der Waals surface area contributed by atoms with Gasteiger partial charge in [-0.3, -0.25) is 4.79 Å². The van der Waals surface area contributed by atoms with Gasteiger partial charge in [0.05, 0.1) is 13.0 Å². The largest absolute Gasteiger partial charge is 0.469 e. The van der Waals surface area contributed by atoms with Crippen molar-refractivity contribution in [3.8, 4) is 0 Å². The van der Waals surface area contributed by atoms with Gasteiger partial charge in [0.15, 0.2) is 0 Å². The molecule has 0 radical (unpaired) electrons. The Labute approximate surface area is 115 Å². The molecular formula is C14H25NO4. The molecule has 1 saturated carbocycles. The van der Waals surface area contributed by atoms with Crippen molar-refractivity contribution in [3.63, 3.8) is 0 Å². The molecule has 19 heavy (non-hydrogen) atoms. The number of ether oxygens (including phenoxy) is 2. The van der Waals surface area contributed by atoms with E-state index >= 15 is 0 Å². The van der Waals surface area contributed by atoms with Gasteiger partial charge in [-0.2, -0.15) is 0 Å². The number of carbonyl (C=O) groups is 2. The van der Waals surface area contributed by atoms with E-state index in [-0.39, 0.29) is 24.0 Å². The van der Waals surface area contributed by atoms with Crippen molar-refractivity contribution >= 4 is 12.1 Å². The fraction of sp³-hybridized carbons (Fsp3) is 0.857. The van der Waals surface area contributed by atoms with Gasteiger partial charge in [-0.1, -0.05) is 0 Å². The predicted octanol–water partition coefficient (Wildman–Crippen LogP) is 2.59. The van der Waals surface area contributed by atoms with E-state index in [4.69, 9.17) is 9.47 Å². The summed E-state index contributed by atoms with van der Waals surface area (Å²) in [6.07, 6.45) is 2.87. The Balaban J connectivity index is 2.46. The second-order valence-electron chi connectivity index (χ2n) is 6.12. The lowest BCUT2D eigenvalue weighted by Gasteiger charge is -2.34. The van der Waals surface area contributed by atoms with Gasteiger partial charge in [-0.15, -0.1) is 0 Å². The summed E-state index contributed by atoms with van der Waals surface area (Å²) in [4.78, 5) is 25.0. The van der Waals surface area contributed by atoms with Gasteiger partial charge in [0.1, 0.15) is 5.60 Å². The third kappa shape index (κ3) is 4.73. The van der Waals surface area contributed by atoms with Crippen molar-refractivity contribution in [2.24, 2.45) is 5.92 Å². The molecular weight excluding hydrogens is 246 g/mol. The molecule has 0 aromatic rings. The summed E-state index contributed by atoms with van der Waals surface area (Å²) in [6, 6.07) is 0.149. The fourth-order valence-electron chi connectivity index (χ4n) is 2.35. The van der Waals surface area contributed by atoms with Crippen molar-refractivity contribution < 1.29 is 19.1 Å². The zero-order valence-electron chi connectivity index (χ0n) is 12.6. The van der Waals surface area contributed by atoms with Crippen LogP contribution < -0.4 is 0 Å². The van der Waals surface area contributed by atoms with Crippen molar-refractivity contribution in [2.45, 2.75) is 58.1 Å². The first-order valence-electron chi connectivity index (χ1n) is 6.78. The van der Waals surface area contributed by atoms with Crippen LogP contribution >= 0.6 is 0 Å². The molecule has 1 fully saturated rings. The van der Waals surface area contributed by atoms with Crippen LogP contribution in [0.4, 0.5) is 4.79 Å². The van der Waals surface area contributed by atoms with Gasteiger partial charge < -0.3 is 14.4 Å². The zero-order chi connectivity index (χ0) is 14.6. The Morgan fingerprint density at radius 3 is 2.05 bits per heavy atom. The van der Waals surface area contributed by atoms with Crippen molar-refractivity contribution in [2.75, 3.05) is 14.2 Å². The number of methoxy groups -OCH3 is 1. The molecule has 5 heteroatoms. The van der Waals surface area contributed by atoms with Gasteiger partial charge >= 0.3 is 12.1 Å². The molecule has 0 saturated heterocycles. The number of hydrogen-bond acceptors (Lipinski definition) is 4. The molecule has 110 valence electrons. The highest BCUT2D eigenvalue weighted by Gasteiger charge is 2.32. The average molecular weight is 271 g/mol. The van der Waals surface area contributed by atoms with Crippen LogP contribution in [-0.4, -0.2) is 42.8 Å². The van der Waals surface area contributed by atoms with Crippen molar-refractivity contribution in [1.29, 1.82) is 0 Å². The van der Waals surface area contributed by atoms with Gasteiger partial charge in [0.25, 0.3) is 0 Å². The summed E-state index contributed by atoms with van der Waals surface area (Å²) in [7, 11) is 3.18. The Hall–Kier alpha value is -1.26. The molecule has 0 aliphatic heterocycles. The number of amides is 1. The summed E-state index contributed by atoms with van der Waals surface area (Å²) >= 11 is 0. The van der Waals surface area contributed by atoms with Crippen LogP contribution in [0.3, 0.4) is 0 Å². The topological polar surface area (TPSA) is 55.8 Å². The SMILES string of the molecule is COC(=O)C1CCC(N(C)C(=O)OC(C)(C)C)CC1. The first kappa shape index (κ1) is 15.8. The highest BCUT2D eigenvalue weighted by atomic mass is 16.6. The van der Waals surface area contributed by atoms with Crippen LogP contribution in [0.1, 0.15) is 46.5 Å². The van der Waals surface area contributed by atoms with Crippen LogP contribution in [0.5, 0.6) is 0 Å². The quantitative estimate of drug-likeness (QED) is 0.724. The van der Waals surface area contributed by atoms with E-state index in [1.165, 1.54) is 7.11 Å². The summed E-state index contributed by atoms with van der Waals surface area (Å²) in [6.45, 7) is 5.56. The molecule has 5 nitrogen and oxygen atoms in total. The lowest BCUT2D eigenvalue weighted by Crippen LogP contribution is -2.43. The van der Waals surface area contributed by atoms with Crippen LogP contribution in [0.15, 0.2) is 0 Å². The standard InChI is InChI=1S/C14H25NO4/c1-14(2,3)19-13(17)15(4)11-8-6-10(7-9-11)12(16)18-5/h10-11H,6-9H2,1-5H3. The first-order chi connectivity index (χ1) is 8.74. The fourth-order valence-corrected chi connectivity index (χ4v) is 2.35. The average Bonchev–Trinajstić information content (AvgIpc) is 2.35. The van der Waals surface area contributed by atoms with Gasteiger partial charge in [0, 0.05) is 13.1 Å². The summed E-state index contributed by atoms with van der Waals surface area (Å²) in [5.41, 5.74) is -0.478. The highest BCUT2D eigenvalue weighted by Crippen LogP contribution is 2.28. The molecule has 0 unspecified atom stereocenters. The van der Waals surface area contributed by atoms with Gasteiger partial charge in [-0.05, 0) is 46.5 Å². The first-order valence-corrected chi connectivity index (χ1v) is 6.78. The van der Waals surface area contributed by atoms with E-state index < -0.39 is 5.60 Å². The number of rotatable bonds is 2. The summed E-state index contributed by atoms with van der Waals surface area (Å²) < 4.78 is 10.1. The number of carbonyl (C=O) groups excluding carboxylic acids is 2. The molecule has 0 spiro atoms. The second kappa shape index (κ2) is 6.26. The van der Waals surface area contributed by atoms with Crippen LogP contribution in [0.2, 0.25) is 0 Å². The van der Waals surface area contributed by atoms with Crippen molar-refractivity contribution in [3.05, 3.63) is 0 Å². The third-order valence-corrected chi connectivity index (χ3v) is 3.46. The van der Waals surface area contributed by atoms with E-state index in [1.807, 2.05) is 20.8 Å². The number of hydrogen-bond donors (Lipinski definition) is 0. The van der Waals surface area contributed by atoms with E-state index in [1.54, 1.807) is 11.9 Å². The minimum Gasteiger partial charge on any atom is -0.469 e. The maximum Gasteiger partial charge on any atom is 0.410 e. The van der Waals surface area contributed by atoms with E-state index in [0.717, 1.165) is 25.7 Å². The van der Waals surface area contributed by atoms with E-state index in [2.05, 4.69) is 0 Å². The minimum atomic E-state index is -0.478. The molecule has 0 bridgehead atoms. The molecule has 0 N–H and O–H groups in total. The monoisotopic (exact) mass is 271 g/mol. The van der Waals surface area contributed by atoms with Gasteiger partial charge in [0.2, 0.25) is 0 Å².